The summed E-state index contributed by atoms with van der Waals surface area (Å²) in [5, 5.41) is 15.3. The van der Waals surface area contributed by atoms with Crippen LogP contribution in [0.3, 0.4) is 0 Å². The van der Waals surface area contributed by atoms with Crippen LogP contribution in [0.1, 0.15) is 19.8 Å². The van der Waals surface area contributed by atoms with Gasteiger partial charge in [0, 0.05) is 6.61 Å². The molecular weight excluding hydrogens is 161 g/mol. The SMILES string of the molecule is CCCCO.OCC(F)(F)F. The van der Waals surface area contributed by atoms with E-state index in [0.29, 0.717) is 6.61 Å². The normalized spacial score (nSPS) is 10.4. The highest BCUT2D eigenvalue weighted by Gasteiger charge is 2.24. The van der Waals surface area contributed by atoms with Crippen LogP contribution in [0.4, 0.5) is 13.2 Å². The molecule has 0 aromatic heterocycles. The van der Waals surface area contributed by atoms with Crippen LogP contribution >= 0.6 is 0 Å². The Morgan fingerprint density at radius 3 is 1.55 bits per heavy atom. The minimum atomic E-state index is -4.40. The van der Waals surface area contributed by atoms with E-state index in [-0.39, 0.29) is 0 Å². The number of unbranched alkanes of at least 4 members (excludes halogenated alkanes) is 1. The first-order valence-electron chi connectivity index (χ1n) is 3.26. The van der Waals surface area contributed by atoms with Gasteiger partial charge in [0.2, 0.25) is 0 Å². The van der Waals surface area contributed by atoms with Gasteiger partial charge in [-0.2, -0.15) is 13.2 Å². The Kier molecular flexibility index (Phi) is 9.45. The van der Waals surface area contributed by atoms with Crippen molar-refractivity contribution < 1.29 is 23.4 Å². The fraction of sp³-hybridized carbons (Fsp3) is 1.00. The zero-order valence-corrected chi connectivity index (χ0v) is 6.36. The van der Waals surface area contributed by atoms with Crippen molar-refractivity contribution in [1.29, 1.82) is 0 Å². The minimum Gasteiger partial charge on any atom is -0.396 e. The summed E-state index contributed by atoms with van der Waals surface area (Å²) in [4.78, 5) is 0. The van der Waals surface area contributed by atoms with Crippen molar-refractivity contribution in [2.45, 2.75) is 25.9 Å². The van der Waals surface area contributed by atoms with Crippen molar-refractivity contribution in [3.8, 4) is 0 Å². The fourth-order valence-electron chi connectivity index (χ4n) is 0.158. The molecule has 70 valence electrons. The maximum absolute atomic E-state index is 10.5. The summed E-state index contributed by atoms with van der Waals surface area (Å²) < 4.78 is 31.6. The lowest BCUT2D eigenvalue weighted by atomic mass is 10.4. The van der Waals surface area contributed by atoms with Gasteiger partial charge in [0.1, 0.15) is 6.61 Å². The lowest BCUT2D eigenvalue weighted by Gasteiger charge is -1.95. The Hall–Kier alpha value is -0.290. The highest BCUT2D eigenvalue weighted by Crippen LogP contribution is 2.11. The Balaban J connectivity index is 0. The molecule has 0 aliphatic carbocycles. The maximum atomic E-state index is 10.5. The summed E-state index contributed by atoms with van der Waals surface area (Å²) in [5.41, 5.74) is 0. The molecule has 0 saturated carbocycles. The molecule has 0 aliphatic rings. The lowest BCUT2D eigenvalue weighted by molar-refractivity contribution is -0.159. The van der Waals surface area contributed by atoms with Gasteiger partial charge in [-0.15, -0.1) is 0 Å². The van der Waals surface area contributed by atoms with Crippen LogP contribution in [0.15, 0.2) is 0 Å². The van der Waals surface area contributed by atoms with E-state index >= 15 is 0 Å². The van der Waals surface area contributed by atoms with E-state index in [9.17, 15) is 13.2 Å². The topological polar surface area (TPSA) is 40.5 Å². The van der Waals surface area contributed by atoms with Crippen LogP contribution in [-0.2, 0) is 0 Å². The third kappa shape index (κ3) is 26.0. The number of hydrogen-bond donors (Lipinski definition) is 2. The zero-order valence-electron chi connectivity index (χ0n) is 6.36. The van der Waals surface area contributed by atoms with E-state index in [2.05, 4.69) is 6.92 Å². The van der Waals surface area contributed by atoms with Gasteiger partial charge in [0.15, 0.2) is 0 Å². The summed E-state index contributed by atoms with van der Waals surface area (Å²) in [6.07, 6.45) is -2.36. The van der Waals surface area contributed by atoms with Crippen molar-refractivity contribution in [3.63, 3.8) is 0 Å². The Morgan fingerprint density at radius 2 is 1.55 bits per heavy atom. The van der Waals surface area contributed by atoms with Gasteiger partial charge in [0.25, 0.3) is 0 Å². The fourth-order valence-corrected chi connectivity index (χ4v) is 0.158. The van der Waals surface area contributed by atoms with Crippen LogP contribution in [0.25, 0.3) is 0 Å². The van der Waals surface area contributed by atoms with Crippen molar-refractivity contribution >= 4 is 0 Å². The monoisotopic (exact) mass is 174 g/mol. The van der Waals surface area contributed by atoms with E-state index in [1.807, 2.05) is 0 Å². The number of aliphatic hydroxyl groups excluding tert-OH is 2. The van der Waals surface area contributed by atoms with E-state index in [4.69, 9.17) is 10.2 Å². The van der Waals surface area contributed by atoms with Crippen LogP contribution in [0.5, 0.6) is 0 Å². The van der Waals surface area contributed by atoms with Gasteiger partial charge >= 0.3 is 6.18 Å². The molecule has 5 heteroatoms. The number of halogens is 3. The van der Waals surface area contributed by atoms with Gasteiger partial charge in [-0.05, 0) is 6.42 Å². The van der Waals surface area contributed by atoms with Gasteiger partial charge < -0.3 is 10.2 Å². The smallest absolute Gasteiger partial charge is 0.396 e. The molecular formula is C6H13F3O2. The summed E-state index contributed by atoms with van der Waals surface area (Å²) in [6, 6.07) is 0. The molecule has 0 amide bonds. The molecule has 0 unspecified atom stereocenters. The molecule has 2 N–H and O–H groups in total. The first-order chi connectivity index (χ1) is 4.97. The Labute approximate surface area is 63.7 Å². The second-order valence-electron chi connectivity index (χ2n) is 1.85. The van der Waals surface area contributed by atoms with Gasteiger partial charge in [-0.25, -0.2) is 0 Å². The predicted molar refractivity (Wildman–Crippen MR) is 35.1 cm³/mol. The van der Waals surface area contributed by atoms with Crippen molar-refractivity contribution in [2.24, 2.45) is 0 Å². The summed E-state index contributed by atoms with van der Waals surface area (Å²) in [6.45, 7) is 0.666. The predicted octanol–water partition coefficient (Wildman–Crippen LogP) is 1.32. The molecule has 11 heavy (non-hydrogen) atoms. The van der Waals surface area contributed by atoms with E-state index in [0.717, 1.165) is 12.8 Å². The average molecular weight is 174 g/mol. The molecule has 0 fully saturated rings. The largest absolute Gasteiger partial charge is 0.411 e. The first kappa shape index (κ1) is 13.3. The highest BCUT2D eigenvalue weighted by molar-refractivity contribution is 4.39. The molecule has 0 heterocycles. The maximum Gasteiger partial charge on any atom is 0.411 e. The molecule has 0 aromatic carbocycles. The van der Waals surface area contributed by atoms with E-state index in [1.54, 1.807) is 0 Å². The van der Waals surface area contributed by atoms with Gasteiger partial charge in [0.05, 0.1) is 0 Å². The van der Waals surface area contributed by atoms with Crippen molar-refractivity contribution in [1.82, 2.24) is 0 Å². The third-order valence-electron chi connectivity index (χ3n) is 0.691. The standard InChI is InChI=1S/C4H10O.C2H3F3O/c1-2-3-4-5;3-2(4,5)1-6/h5H,2-4H2,1H3;6H,1H2. The van der Waals surface area contributed by atoms with E-state index in [1.165, 1.54) is 0 Å². The number of hydrogen-bond acceptors (Lipinski definition) is 2. The third-order valence-corrected chi connectivity index (χ3v) is 0.691. The molecule has 0 bridgehead atoms. The molecule has 0 aromatic rings. The Bertz CT molecular complexity index is 70.7. The second-order valence-corrected chi connectivity index (χ2v) is 1.85. The molecule has 0 atom stereocenters. The molecule has 2 nitrogen and oxygen atoms in total. The van der Waals surface area contributed by atoms with Crippen LogP contribution in [0.2, 0.25) is 0 Å². The van der Waals surface area contributed by atoms with Gasteiger partial charge in [-0.3, -0.25) is 0 Å². The summed E-state index contributed by atoms with van der Waals surface area (Å²) in [7, 11) is 0. The number of alkyl halides is 3. The Morgan fingerprint density at radius 1 is 1.18 bits per heavy atom. The van der Waals surface area contributed by atoms with Crippen LogP contribution in [-0.4, -0.2) is 29.6 Å². The van der Waals surface area contributed by atoms with Crippen LogP contribution in [0, 0.1) is 0 Å². The lowest BCUT2D eigenvalue weighted by Crippen LogP contribution is -2.12. The molecule has 0 saturated heterocycles. The highest BCUT2D eigenvalue weighted by atomic mass is 19.4. The molecule has 0 spiro atoms. The van der Waals surface area contributed by atoms with Crippen molar-refractivity contribution in [2.75, 3.05) is 13.2 Å². The van der Waals surface area contributed by atoms with Gasteiger partial charge in [-0.1, -0.05) is 13.3 Å². The summed E-state index contributed by atoms with van der Waals surface area (Å²) in [5.74, 6) is 0. The quantitative estimate of drug-likeness (QED) is 0.662. The minimum absolute atomic E-state index is 0.344. The zero-order chi connectivity index (χ0) is 9.33. The average Bonchev–Trinajstić information content (AvgIpc) is 1.90. The summed E-state index contributed by atoms with van der Waals surface area (Å²) >= 11 is 0. The van der Waals surface area contributed by atoms with E-state index < -0.39 is 12.8 Å². The molecule has 0 radical (unpaired) electrons. The van der Waals surface area contributed by atoms with Crippen molar-refractivity contribution in [3.05, 3.63) is 0 Å². The second kappa shape index (κ2) is 7.81. The molecule has 0 aliphatic heterocycles. The molecule has 0 rings (SSSR count). The number of rotatable bonds is 2. The van der Waals surface area contributed by atoms with Crippen LogP contribution < -0.4 is 0 Å². The first-order valence-corrected chi connectivity index (χ1v) is 3.26. The number of aliphatic hydroxyl groups is 2.